The molecule has 1 heterocycles. The molecule has 2 N–H and O–H groups in total. The average molecular weight is 472 g/mol. The summed E-state index contributed by atoms with van der Waals surface area (Å²) in [7, 11) is -3.82. The molecule has 7 nitrogen and oxygen atoms in total. The van der Waals surface area contributed by atoms with Crippen molar-refractivity contribution in [1.82, 2.24) is 4.90 Å². The molecule has 0 radical (unpaired) electrons. The van der Waals surface area contributed by atoms with Crippen LogP contribution >= 0.6 is 0 Å². The molecular weight excluding hydrogens is 438 g/mol. The lowest BCUT2D eigenvalue weighted by atomic mass is 9.94. The van der Waals surface area contributed by atoms with Gasteiger partial charge in [0.2, 0.25) is 0 Å². The standard InChI is InChI=1S/C25H33N3O4S/c1-18-8-11-24(19(2)16-18)33(31,32)26-20-9-10-23(22(17-20)25(29)30)28-14-12-27(13-15-28)21-6-4-3-5-7-21/h8-11,16-17,21,26H,3-7,12-15H2,1-2H3,(H,29,30). The number of piperazine rings is 1. The Kier molecular flexibility index (Phi) is 6.95. The maximum atomic E-state index is 12.9. The third-order valence-electron chi connectivity index (χ3n) is 6.85. The quantitative estimate of drug-likeness (QED) is 0.654. The van der Waals surface area contributed by atoms with E-state index in [1.54, 1.807) is 31.2 Å². The minimum atomic E-state index is -3.82. The summed E-state index contributed by atoms with van der Waals surface area (Å²) >= 11 is 0. The highest BCUT2D eigenvalue weighted by atomic mass is 32.2. The van der Waals surface area contributed by atoms with E-state index < -0.39 is 16.0 Å². The van der Waals surface area contributed by atoms with E-state index in [0.29, 0.717) is 17.3 Å². The van der Waals surface area contributed by atoms with E-state index in [2.05, 4.69) is 14.5 Å². The van der Waals surface area contributed by atoms with Gasteiger partial charge in [-0.15, -0.1) is 0 Å². The monoisotopic (exact) mass is 471 g/mol. The van der Waals surface area contributed by atoms with Crippen molar-refractivity contribution in [2.75, 3.05) is 35.8 Å². The van der Waals surface area contributed by atoms with Crippen LogP contribution in [0.2, 0.25) is 0 Å². The molecule has 2 fully saturated rings. The second-order valence-electron chi connectivity index (χ2n) is 9.23. The normalized spacial score (nSPS) is 18.3. The maximum Gasteiger partial charge on any atom is 0.337 e. The highest BCUT2D eigenvalue weighted by Gasteiger charge is 2.27. The van der Waals surface area contributed by atoms with Crippen LogP contribution in [0, 0.1) is 13.8 Å². The molecule has 0 amide bonds. The van der Waals surface area contributed by atoms with Crippen molar-refractivity contribution < 1.29 is 18.3 Å². The second kappa shape index (κ2) is 9.73. The first-order valence-electron chi connectivity index (χ1n) is 11.7. The third kappa shape index (κ3) is 5.33. The number of benzene rings is 2. The average Bonchev–Trinajstić information content (AvgIpc) is 2.79. The fourth-order valence-corrected chi connectivity index (χ4v) is 6.41. The number of hydrogen-bond acceptors (Lipinski definition) is 5. The number of sulfonamides is 1. The SMILES string of the molecule is Cc1ccc(S(=O)(=O)Nc2ccc(N3CCN(C4CCCCC4)CC3)c(C(=O)O)c2)c(C)c1. The molecule has 0 spiro atoms. The van der Waals surface area contributed by atoms with Crippen LogP contribution in [0.25, 0.3) is 0 Å². The van der Waals surface area contributed by atoms with E-state index >= 15 is 0 Å². The summed E-state index contributed by atoms with van der Waals surface area (Å²) in [6, 6.07) is 10.6. The summed E-state index contributed by atoms with van der Waals surface area (Å²) in [5, 5.41) is 9.85. The van der Waals surface area contributed by atoms with Gasteiger partial charge in [-0.05, 0) is 56.5 Å². The predicted molar refractivity (Wildman–Crippen MR) is 131 cm³/mol. The molecule has 1 saturated heterocycles. The topological polar surface area (TPSA) is 90.0 Å². The van der Waals surface area contributed by atoms with Gasteiger partial charge in [0.25, 0.3) is 10.0 Å². The zero-order chi connectivity index (χ0) is 23.6. The Morgan fingerprint density at radius 2 is 1.67 bits per heavy atom. The first-order valence-corrected chi connectivity index (χ1v) is 13.2. The second-order valence-corrected chi connectivity index (χ2v) is 10.9. The van der Waals surface area contributed by atoms with Gasteiger partial charge in [0.05, 0.1) is 16.1 Å². The van der Waals surface area contributed by atoms with E-state index in [0.717, 1.165) is 31.7 Å². The number of aromatic carboxylic acids is 1. The summed E-state index contributed by atoms with van der Waals surface area (Å²) in [6.45, 7) is 7.04. The van der Waals surface area contributed by atoms with Crippen molar-refractivity contribution in [3.63, 3.8) is 0 Å². The number of hydrogen-bond donors (Lipinski definition) is 2. The van der Waals surface area contributed by atoms with Gasteiger partial charge < -0.3 is 10.0 Å². The highest BCUT2D eigenvalue weighted by Crippen LogP contribution is 2.29. The summed E-state index contributed by atoms with van der Waals surface area (Å²) in [5.41, 5.74) is 2.63. The molecule has 8 heteroatoms. The first kappa shape index (κ1) is 23.6. The van der Waals surface area contributed by atoms with Gasteiger partial charge in [-0.3, -0.25) is 9.62 Å². The van der Waals surface area contributed by atoms with Crippen molar-refractivity contribution in [3.8, 4) is 0 Å². The fraction of sp³-hybridized carbons (Fsp3) is 0.480. The Labute approximate surface area is 196 Å². The number of carbonyl (C=O) groups is 1. The molecule has 0 aromatic heterocycles. The minimum absolute atomic E-state index is 0.113. The molecule has 1 aliphatic heterocycles. The number of anilines is 2. The van der Waals surface area contributed by atoms with Crippen molar-refractivity contribution in [2.45, 2.75) is 56.9 Å². The predicted octanol–water partition coefficient (Wildman–Crippen LogP) is 4.26. The van der Waals surface area contributed by atoms with Gasteiger partial charge in [0, 0.05) is 37.9 Å². The van der Waals surface area contributed by atoms with Gasteiger partial charge in [-0.25, -0.2) is 13.2 Å². The van der Waals surface area contributed by atoms with Gasteiger partial charge in [0.15, 0.2) is 0 Å². The van der Waals surface area contributed by atoms with Crippen molar-refractivity contribution in [1.29, 1.82) is 0 Å². The van der Waals surface area contributed by atoms with E-state index in [-0.39, 0.29) is 16.1 Å². The molecule has 2 aromatic rings. The van der Waals surface area contributed by atoms with Crippen LogP contribution in [0.15, 0.2) is 41.3 Å². The third-order valence-corrected chi connectivity index (χ3v) is 8.39. The molecular formula is C25H33N3O4S. The number of carboxylic acids is 1. The van der Waals surface area contributed by atoms with Gasteiger partial charge in [-0.1, -0.05) is 37.0 Å². The maximum absolute atomic E-state index is 12.9. The Morgan fingerprint density at radius 1 is 0.970 bits per heavy atom. The van der Waals surface area contributed by atoms with Gasteiger partial charge >= 0.3 is 5.97 Å². The summed E-state index contributed by atoms with van der Waals surface area (Å²) in [4.78, 5) is 16.9. The first-order chi connectivity index (χ1) is 15.7. The Balaban J connectivity index is 1.50. The number of rotatable bonds is 6. The molecule has 2 aromatic carbocycles. The van der Waals surface area contributed by atoms with E-state index in [4.69, 9.17) is 0 Å². The van der Waals surface area contributed by atoms with Crippen LogP contribution in [0.3, 0.4) is 0 Å². The Hall–Kier alpha value is -2.58. The number of nitrogens with zero attached hydrogens (tertiary/aromatic N) is 2. The number of carboxylic acid groups (broad SMARTS) is 1. The molecule has 2 aliphatic rings. The minimum Gasteiger partial charge on any atom is -0.478 e. The van der Waals surface area contributed by atoms with Crippen molar-refractivity contribution in [2.24, 2.45) is 0 Å². The van der Waals surface area contributed by atoms with Gasteiger partial charge in [0.1, 0.15) is 0 Å². The van der Waals surface area contributed by atoms with E-state index in [9.17, 15) is 18.3 Å². The zero-order valence-corrected chi connectivity index (χ0v) is 20.2. The number of aryl methyl sites for hydroxylation is 2. The molecule has 4 rings (SSSR count). The molecule has 1 aliphatic carbocycles. The smallest absolute Gasteiger partial charge is 0.337 e. The Bertz CT molecular complexity index is 1120. The fourth-order valence-electron chi connectivity index (χ4n) is 5.13. The molecule has 1 saturated carbocycles. The highest BCUT2D eigenvalue weighted by molar-refractivity contribution is 7.92. The van der Waals surface area contributed by atoms with Crippen molar-refractivity contribution in [3.05, 3.63) is 53.1 Å². The van der Waals surface area contributed by atoms with Crippen LogP contribution in [0.1, 0.15) is 53.6 Å². The van der Waals surface area contributed by atoms with Crippen LogP contribution in [-0.4, -0.2) is 56.6 Å². The lowest BCUT2D eigenvalue weighted by molar-refractivity contribution is 0.0697. The van der Waals surface area contributed by atoms with Crippen molar-refractivity contribution >= 4 is 27.4 Å². The summed E-state index contributed by atoms with van der Waals surface area (Å²) < 4.78 is 28.4. The molecule has 0 bridgehead atoms. The Morgan fingerprint density at radius 3 is 2.30 bits per heavy atom. The van der Waals surface area contributed by atoms with Crippen LogP contribution < -0.4 is 9.62 Å². The van der Waals surface area contributed by atoms with E-state index in [1.807, 2.05) is 13.0 Å². The number of nitrogens with one attached hydrogen (secondary N) is 1. The van der Waals surface area contributed by atoms with Crippen LogP contribution in [0.5, 0.6) is 0 Å². The molecule has 33 heavy (non-hydrogen) atoms. The summed E-state index contributed by atoms with van der Waals surface area (Å²) in [6.07, 6.45) is 6.45. The molecule has 0 unspecified atom stereocenters. The lowest BCUT2D eigenvalue weighted by Gasteiger charge is -2.41. The zero-order valence-electron chi connectivity index (χ0n) is 19.4. The largest absolute Gasteiger partial charge is 0.478 e. The summed E-state index contributed by atoms with van der Waals surface area (Å²) in [5.74, 6) is -1.06. The molecule has 178 valence electrons. The lowest BCUT2D eigenvalue weighted by Crippen LogP contribution is -2.51. The van der Waals surface area contributed by atoms with Crippen LogP contribution in [0.4, 0.5) is 11.4 Å². The van der Waals surface area contributed by atoms with Gasteiger partial charge in [-0.2, -0.15) is 0 Å². The van der Waals surface area contributed by atoms with Crippen LogP contribution in [-0.2, 0) is 10.0 Å². The molecule has 0 atom stereocenters. The van der Waals surface area contributed by atoms with E-state index in [1.165, 1.54) is 38.2 Å².